The minimum absolute atomic E-state index is 0.167. The van der Waals surface area contributed by atoms with Crippen LogP contribution in [-0.4, -0.2) is 55.1 Å². The van der Waals surface area contributed by atoms with Gasteiger partial charge in [0.2, 0.25) is 5.91 Å². The van der Waals surface area contributed by atoms with Crippen molar-refractivity contribution in [3.8, 4) is 5.75 Å². The molecule has 2 N–H and O–H groups in total. The first-order valence-electron chi connectivity index (χ1n) is 10.7. The lowest BCUT2D eigenvalue weighted by Gasteiger charge is -2.22. The number of methoxy groups -OCH3 is 1. The van der Waals surface area contributed by atoms with Crippen LogP contribution in [0, 0.1) is 5.92 Å². The number of benzene rings is 2. The topological polar surface area (TPSA) is 106 Å². The molecule has 0 radical (unpaired) electrons. The molecule has 9 nitrogen and oxygen atoms in total. The molecule has 0 bridgehead atoms. The number of nitrogens with one attached hydrogen (secondary N) is 2. The van der Waals surface area contributed by atoms with Gasteiger partial charge in [-0.25, -0.2) is 4.79 Å². The number of anilines is 1. The lowest BCUT2D eigenvalue weighted by molar-refractivity contribution is -0.118. The highest BCUT2D eigenvalue weighted by Crippen LogP contribution is 2.20. The summed E-state index contributed by atoms with van der Waals surface area (Å²) in [4.78, 5) is 40.1. The van der Waals surface area contributed by atoms with Gasteiger partial charge in [-0.2, -0.15) is 0 Å². The molecule has 0 spiro atoms. The molecule has 1 atom stereocenters. The number of nitrogens with zero attached hydrogens (tertiary/aromatic N) is 2. The molecule has 0 saturated heterocycles. The largest absolute Gasteiger partial charge is 0.496 e. The summed E-state index contributed by atoms with van der Waals surface area (Å²) in [6.07, 6.45) is 0. The number of hydrogen-bond acceptors (Lipinski definition) is 6. The van der Waals surface area contributed by atoms with Crippen molar-refractivity contribution in [3.63, 3.8) is 0 Å². The van der Waals surface area contributed by atoms with Gasteiger partial charge in [-0.15, -0.1) is 0 Å². The van der Waals surface area contributed by atoms with Crippen LogP contribution in [0.1, 0.15) is 24.2 Å². The number of likely N-dealkylation sites (N-methyl/N-ethyl adjacent to an activating group) is 1. The Labute approximate surface area is 192 Å². The molecule has 2 aromatic carbocycles. The third-order valence-corrected chi connectivity index (χ3v) is 5.29. The zero-order chi connectivity index (χ0) is 24.1. The van der Waals surface area contributed by atoms with Gasteiger partial charge in [0, 0.05) is 18.8 Å². The van der Waals surface area contributed by atoms with Crippen LogP contribution in [0.4, 0.5) is 5.69 Å². The van der Waals surface area contributed by atoms with Gasteiger partial charge in [-0.05, 0) is 50.3 Å². The van der Waals surface area contributed by atoms with Crippen LogP contribution in [0.25, 0.3) is 11.1 Å². The molecule has 2 amide bonds. The Morgan fingerprint density at radius 3 is 2.55 bits per heavy atom. The van der Waals surface area contributed by atoms with E-state index < -0.39 is 17.7 Å². The lowest BCUT2D eigenvalue weighted by Crippen LogP contribution is -2.47. The fourth-order valence-corrected chi connectivity index (χ4v) is 3.46. The number of carbonyl (C=O) groups is 2. The predicted octanol–water partition coefficient (Wildman–Crippen LogP) is 2.56. The second kappa shape index (κ2) is 10.4. The number of rotatable bonds is 9. The fraction of sp³-hybridized carbons (Fsp3) is 0.375. The summed E-state index contributed by atoms with van der Waals surface area (Å²) in [5.41, 5.74) is 1.90. The van der Waals surface area contributed by atoms with E-state index in [1.165, 1.54) is 11.7 Å². The third-order valence-electron chi connectivity index (χ3n) is 5.29. The van der Waals surface area contributed by atoms with Crippen LogP contribution in [0.15, 0.2) is 51.7 Å². The Hall–Kier alpha value is -3.59. The molecular formula is C24H30N4O5. The highest BCUT2D eigenvalue weighted by Gasteiger charge is 2.26. The first kappa shape index (κ1) is 24.1. The molecule has 0 aliphatic rings. The SMILES string of the molecule is COc1ccccc1C(=O)NC(C(=O)Nc1ccc2oc(=O)n(CCN(C)C)c2c1)C(C)C. The number of fused-ring (bicyclic) bond motifs is 1. The van der Waals surface area contributed by atoms with Crippen molar-refractivity contribution in [1.82, 2.24) is 14.8 Å². The van der Waals surface area contributed by atoms with Crippen LogP contribution in [0.3, 0.4) is 0 Å². The van der Waals surface area contributed by atoms with Crippen LogP contribution in [0.2, 0.25) is 0 Å². The quantitative estimate of drug-likeness (QED) is 0.515. The number of oxazole rings is 1. The molecule has 9 heteroatoms. The highest BCUT2D eigenvalue weighted by atomic mass is 16.5. The molecule has 1 aromatic heterocycles. The summed E-state index contributed by atoms with van der Waals surface area (Å²) in [6, 6.07) is 11.1. The zero-order valence-electron chi connectivity index (χ0n) is 19.5. The molecule has 0 fully saturated rings. The monoisotopic (exact) mass is 454 g/mol. The minimum Gasteiger partial charge on any atom is -0.496 e. The Bertz CT molecular complexity index is 1200. The average molecular weight is 455 g/mol. The predicted molar refractivity (Wildman–Crippen MR) is 127 cm³/mol. The second-order valence-electron chi connectivity index (χ2n) is 8.39. The van der Waals surface area contributed by atoms with Gasteiger partial charge in [0.1, 0.15) is 11.8 Å². The third kappa shape index (κ3) is 5.61. The van der Waals surface area contributed by atoms with Gasteiger partial charge in [0.05, 0.1) is 18.2 Å². The van der Waals surface area contributed by atoms with Crippen LogP contribution in [-0.2, 0) is 11.3 Å². The summed E-state index contributed by atoms with van der Waals surface area (Å²) < 4.78 is 12.1. The Balaban J connectivity index is 1.80. The molecule has 3 aromatic rings. The molecule has 0 aliphatic heterocycles. The van der Waals surface area contributed by atoms with E-state index in [4.69, 9.17) is 9.15 Å². The Kier molecular flexibility index (Phi) is 7.55. The fourth-order valence-electron chi connectivity index (χ4n) is 3.46. The minimum atomic E-state index is -0.779. The number of para-hydroxylation sites is 1. The van der Waals surface area contributed by atoms with Crippen LogP contribution < -0.4 is 21.1 Å². The first-order chi connectivity index (χ1) is 15.7. The summed E-state index contributed by atoms with van der Waals surface area (Å²) in [5, 5.41) is 5.65. The molecule has 0 saturated carbocycles. The maximum absolute atomic E-state index is 13.1. The van der Waals surface area contributed by atoms with E-state index in [9.17, 15) is 14.4 Å². The molecule has 33 heavy (non-hydrogen) atoms. The number of aromatic nitrogens is 1. The highest BCUT2D eigenvalue weighted by molar-refractivity contribution is 6.03. The van der Waals surface area contributed by atoms with Gasteiger partial charge >= 0.3 is 5.76 Å². The van der Waals surface area contributed by atoms with E-state index in [0.29, 0.717) is 41.2 Å². The average Bonchev–Trinajstić information content (AvgIpc) is 3.09. The van der Waals surface area contributed by atoms with Crippen molar-refractivity contribution >= 4 is 28.6 Å². The van der Waals surface area contributed by atoms with Crippen molar-refractivity contribution in [1.29, 1.82) is 0 Å². The summed E-state index contributed by atoms with van der Waals surface area (Å²) in [6.45, 7) is 4.82. The van der Waals surface area contributed by atoms with Crippen molar-refractivity contribution in [2.45, 2.75) is 26.4 Å². The van der Waals surface area contributed by atoms with E-state index in [2.05, 4.69) is 10.6 Å². The lowest BCUT2D eigenvalue weighted by atomic mass is 10.0. The first-order valence-corrected chi connectivity index (χ1v) is 10.7. The summed E-state index contributed by atoms with van der Waals surface area (Å²) in [7, 11) is 5.33. The molecule has 1 heterocycles. The van der Waals surface area contributed by atoms with Gasteiger partial charge < -0.3 is 24.7 Å². The maximum Gasteiger partial charge on any atom is 0.419 e. The van der Waals surface area contributed by atoms with Crippen molar-refractivity contribution < 1.29 is 18.7 Å². The van der Waals surface area contributed by atoms with E-state index in [-0.39, 0.29) is 11.8 Å². The Morgan fingerprint density at radius 1 is 1.15 bits per heavy atom. The smallest absolute Gasteiger partial charge is 0.419 e. The van der Waals surface area contributed by atoms with Crippen LogP contribution >= 0.6 is 0 Å². The second-order valence-corrected chi connectivity index (χ2v) is 8.39. The van der Waals surface area contributed by atoms with Gasteiger partial charge in [0.25, 0.3) is 5.91 Å². The molecule has 176 valence electrons. The zero-order valence-corrected chi connectivity index (χ0v) is 19.5. The summed E-state index contributed by atoms with van der Waals surface area (Å²) in [5.74, 6) is -0.944. The van der Waals surface area contributed by atoms with Crippen molar-refractivity contribution in [2.24, 2.45) is 5.92 Å². The van der Waals surface area contributed by atoms with E-state index in [0.717, 1.165) is 0 Å². The van der Waals surface area contributed by atoms with Gasteiger partial charge in [0.15, 0.2) is 5.58 Å². The number of amides is 2. The molecule has 0 aliphatic carbocycles. The molecular weight excluding hydrogens is 424 g/mol. The van der Waals surface area contributed by atoms with Crippen molar-refractivity contribution in [3.05, 3.63) is 58.6 Å². The van der Waals surface area contributed by atoms with Gasteiger partial charge in [-0.1, -0.05) is 26.0 Å². The normalized spacial score (nSPS) is 12.2. The van der Waals surface area contributed by atoms with Gasteiger partial charge in [-0.3, -0.25) is 14.2 Å². The number of ether oxygens (including phenoxy) is 1. The molecule has 3 rings (SSSR count). The van der Waals surface area contributed by atoms with Crippen LogP contribution in [0.5, 0.6) is 5.75 Å². The number of hydrogen-bond donors (Lipinski definition) is 2. The standard InChI is InChI=1S/C24H30N4O5/c1-15(2)21(26-22(29)17-8-6-7-9-19(17)32-5)23(30)25-16-10-11-20-18(14-16)28(24(31)33-20)13-12-27(3)4/h6-11,14-15,21H,12-13H2,1-5H3,(H,25,30)(H,26,29). The van der Waals surface area contributed by atoms with Crippen molar-refractivity contribution in [2.75, 3.05) is 33.1 Å². The molecule has 1 unspecified atom stereocenters. The van der Waals surface area contributed by atoms with E-state index in [1.54, 1.807) is 42.5 Å². The number of carbonyl (C=O) groups excluding carboxylic acids is 2. The van der Waals surface area contributed by atoms with E-state index >= 15 is 0 Å². The Morgan fingerprint density at radius 2 is 1.88 bits per heavy atom. The van der Waals surface area contributed by atoms with E-state index in [1.807, 2.05) is 32.8 Å². The summed E-state index contributed by atoms with van der Waals surface area (Å²) >= 11 is 0. The maximum atomic E-state index is 13.1.